The highest BCUT2D eigenvalue weighted by molar-refractivity contribution is 5.88. The fourth-order valence-electron chi connectivity index (χ4n) is 1.35. The largest absolute Gasteiger partial charge is 0.478 e. The minimum Gasteiger partial charge on any atom is -0.478 e. The second-order valence-corrected chi connectivity index (χ2v) is 3.42. The van der Waals surface area contributed by atoms with Crippen molar-refractivity contribution in [2.45, 2.75) is 0 Å². The number of carbonyl (C=O) groups is 1. The van der Waals surface area contributed by atoms with Crippen molar-refractivity contribution in [3.63, 3.8) is 0 Å². The van der Waals surface area contributed by atoms with E-state index in [0.717, 1.165) is 12.1 Å². The highest BCUT2D eigenvalue weighted by Gasteiger charge is 2.10. The lowest BCUT2D eigenvalue weighted by atomic mass is 10.2. The zero-order chi connectivity index (χ0) is 13.1. The standard InChI is InChI=1S/C11H8FN3O3/c12-8-3-6(1-2-7(8)11(17)18)15-9-4-10(16)14-5-13-9/h1-5H,(H,17,18)(H2,13,14,15,16). The van der Waals surface area contributed by atoms with Crippen LogP contribution in [0.2, 0.25) is 0 Å². The number of anilines is 2. The summed E-state index contributed by atoms with van der Waals surface area (Å²) >= 11 is 0. The molecule has 0 spiro atoms. The molecule has 92 valence electrons. The van der Waals surface area contributed by atoms with Gasteiger partial charge in [-0.1, -0.05) is 0 Å². The minimum atomic E-state index is -1.34. The van der Waals surface area contributed by atoms with Gasteiger partial charge in [0.1, 0.15) is 11.6 Å². The fourth-order valence-corrected chi connectivity index (χ4v) is 1.35. The molecule has 0 saturated heterocycles. The Bertz CT molecular complexity index is 654. The number of carboxylic acid groups (broad SMARTS) is 1. The first kappa shape index (κ1) is 11.8. The third kappa shape index (κ3) is 2.51. The van der Waals surface area contributed by atoms with E-state index in [1.165, 1.54) is 18.5 Å². The summed E-state index contributed by atoms with van der Waals surface area (Å²) in [5.74, 6) is -1.97. The van der Waals surface area contributed by atoms with E-state index < -0.39 is 17.3 Å². The number of halogens is 1. The van der Waals surface area contributed by atoms with Crippen LogP contribution in [-0.4, -0.2) is 21.0 Å². The molecule has 0 bridgehead atoms. The average Bonchev–Trinajstić information content (AvgIpc) is 2.28. The fraction of sp³-hybridized carbons (Fsp3) is 0. The number of hydrogen-bond donors (Lipinski definition) is 3. The van der Waals surface area contributed by atoms with Gasteiger partial charge in [-0.3, -0.25) is 4.79 Å². The Labute approximate surface area is 100 Å². The van der Waals surface area contributed by atoms with Gasteiger partial charge in [0.15, 0.2) is 0 Å². The van der Waals surface area contributed by atoms with Gasteiger partial charge in [0.2, 0.25) is 0 Å². The summed E-state index contributed by atoms with van der Waals surface area (Å²) in [7, 11) is 0. The van der Waals surface area contributed by atoms with Crippen LogP contribution < -0.4 is 10.9 Å². The Balaban J connectivity index is 2.28. The maximum atomic E-state index is 13.4. The molecule has 0 saturated carbocycles. The smallest absolute Gasteiger partial charge is 0.338 e. The van der Waals surface area contributed by atoms with E-state index in [9.17, 15) is 14.0 Å². The van der Waals surface area contributed by atoms with E-state index >= 15 is 0 Å². The van der Waals surface area contributed by atoms with Crippen LogP contribution >= 0.6 is 0 Å². The molecule has 1 heterocycles. The molecule has 0 aliphatic carbocycles. The van der Waals surface area contributed by atoms with Crippen molar-refractivity contribution in [2.24, 2.45) is 0 Å². The van der Waals surface area contributed by atoms with Gasteiger partial charge in [0.05, 0.1) is 11.9 Å². The Hall–Kier alpha value is -2.70. The monoisotopic (exact) mass is 249 g/mol. The number of hydrogen-bond acceptors (Lipinski definition) is 4. The van der Waals surface area contributed by atoms with Crippen LogP contribution in [0.4, 0.5) is 15.9 Å². The summed E-state index contributed by atoms with van der Waals surface area (Å²) in [6.07, 6.45) is 1.20. The van der Waals surface area contributed by atoms with E-state index in [1.807, 2.05) is 0 Å². The molecule has 0 unspecified atom stereocenters. The molecule has 0 fully saturated rings. The lowest BCUT2D eigenvalue weighted by molar-refractivity contribution is 0.0692. The van der Waals surface area contributed by atoms with Crippen molar-refractivity contribution in [2.75, 3.05) is 5.32 Å². The lowest BCUT2D eigenvalue weighted by Gasteiger charge is -2.05. The Morgan fingerprint density at radius 3 is 2.78 bits per heavy atom. The molecule has 18 heavy (non-hydrogen) atoms. The number of aromatic nitrogens is 2. The SMILES string of the molecule is O=C(O)c1ccc(Nc2cc(=O)[nH]cn2)cc1F. The third-order valence-electron chi connectivity index (χ3n) is 2.15. The number of nitrogens with one attached hydrogen (secondary N) is 2. The topological polar surface area (TPSA) is 95.1 Å². The van der Waals surface area contributed by atoms with E-state index in [4.69, 9.17) is 5.11 Å². The van der Waals surface area contributed by atoms with Crippen LogP contribution in [0, 0.1) is 5.82 Å². The zero-order valence-electron chi connectivity index (χ0n) is 8.98. The van der Waals surface area contributed by atoms with Crippen LogP contribution in [0.15, 0.2) is 35.4 Å². The van der Waals surface area contributed by atoms with Crippen molar-refractivity contribution in [3.05, 3.63) is 52.3 Å². The molecular formula is C11H8FN3O3. The van der Waals surface area contributed by atoms with Gasteiger partial charge in [-0.05, 0) is 18.2 Å². The van der Waals surface area contributed by atoms with Gasteiger partial charge in [-0.15, -0.1) is 0 Å². The zero-order valence-corrected chi connectivity index (χ0v) is 8.98. The number of rotatable bonds is 3. The van der Waals surface area contributed by atoms with Gasteiger partial charge in [-0.25, -0.2) is 14.2 Å². The molecule has 0 amide bonds. The van der Waals surface area contributed by atoms with Crippen molar-refractivity contribution in [1.82, 2.24) is 9.97 Å². The van der Waals surface area contributed by atoms with Crippen molar-refractivity contribution in [1.29, 1.82) is 0 Å². The molecule has 2 aromatic rings. The van der Waals surface area contributed by atoms with Crippen molar-refractivity contribution >= 4 is 17.5 Å². The van der Waals surface area contributed by atoms with Crippen LogP contribution in [0.5, 0.6) is 0 Å². The van der Waals surface area contributed by atoms with E-state index in [0.29, 0.717) is 5.69 Å². The maximum absolute atomic E-state index is 13.4. The summed E-state index contributed by atoms with van der Waals surface area (Å²) in [5.41, 5.74) is -0.467. The molecule has 0 atom stereocenters. The summed E-state index contributed by atoms with van der Waals surface area (Å²) in [4.78, 5) is 27.8. The van der Waals surface area contributed by atoms with Gasteiger partial charge in [0.25, 0.3) is 5.56 Å². The Morgan fingerprint density at radius 1 is 1.39 bits per heavy atom. The van der Waals surface area contributed by atoms with Crippen molar-refractivity contribution < 1.29 is 14.3 Å². The number of aromatic amines is 1. The van der Waals surface area contributed by atoms with E-state index in [-0.39, 0.29) is 11.4 Å². The first-order valence-corrected chi connectivity index (χ1v) is 4.91. The molecule has 2 rings (SSSR count). The summed E-state index contributed by atoms with van der Waals surface area (Å²) in [6.45, 7) is 0. The van der Waals surface area contributed by atoms with Gasteiger partial charge in [-0.2, -0.15) is 0 Å². The molecule has 0 aliphatic heterocycles. The molecule has 0 aliphatic rings. The Morgan fingerprint density at radius 2 is 2.17 bits per heavy atom. The van der Waals surface area contributed by atoms with Crippen LogP contribution in [0.1, 0.15) is 10.4 Å². The number of nitrogens with zero attached hydrogens (tertiary/aromatic N) is 1. The second kappa shape index (κ2) is 4.66. The predicted molar refractivity (Wildman–Crippen MR) is 61.5 cm³/mol. The van der Waals surface area contributed by atoms with Crippen molar-refractivity contribution in [3.8, 4) is 0 Å². The minimum absolute atomic E-state index is 0.237. The predicted octanol–water partition coefficient (Wildman–Crippen LogP) is 1.35. The number of aromatic carboxylic acids is 1. The van der Waals surface area contributed by atoms with Crippen LogP contribution in [0.3, 0.4) is 0 Å². The third-order valence-corrected chi connectivity index (χ3v) is 2.15. The Kier molecular flexibility index (Phi) is 3.05. The van der Waals surface area contributed by atoms with Gasteiger partial charge in [0, 0.05) is 11.8 Å². The molecule has 1 aromatic heterocycles. The first-order chi connectivity index (χ1) is 8.56. The first-order valence-electron chi connectivity index (χ1n) is 4.91. The number of H-pyrrole nitrogens is 1. The average molecular weight is 249 g/mol. The van der Waals surface area contributed by atoms with E-state index in [2.05, 4.69) is 15.3 Å². The number of benzene rings is 1. The molecule has 7 heteroatoms. The highest BCUT2D eigenvalue weighted by atomic mass is 19.1. The highest BCUT2D eigenvalue weighted by Crippen LogP contribution is 2.17. The molecular weight excluding hydrogens is 241 g/mol. The molecule has 3 N–H and O–H groups in total. The van der Waals surface area contributed by atoms with Crippen LogP contribution in [-0.2, 0) is 0 Å². The quantitative estimate of drug-likeness (QED) is 0.763. The van der Waals surface area contributed by atoms with E-state index in [1.54, 1.807) is 0 Å². The molecule has 6 nitrogen and oxygen atoms in total. The number of carboxylic acids is 1. The summed E-state index contributed by atoms with van der Waals surface area (Å²) in [6, 6.07) is 4.73. The molecule has 0 radical (unpaired) electrons. The second-order valence-electron chi connectivity index (χ2n) is 3.42. The summed E-state index contributed by atoms with van der Waals surface area (Å²) in [5, 5.41) is 11.4. The normalized spacial score (nSPS) is 10.1. The summed E-state index contributed by atoms with van der Waals surface area (Å²) < 4.78 is 13.4. The lowest BCUT2D eigenvalue weighted by Crippen LogP contribution is -2.07. The van der Waals surface area contributed by atoms with Gasteiger partial charge < -0.3 is 15.4 Å². The van der Waals surface area contributed by atoms with Gasteiger partial charge >= 0.3 is 5.97 Å². The molecule has 1 aromatic carbocycles. The maximum Gasteiger partial charge on any atom is 0.338 e. The van der Waals surface area contributed by atoms with Crippen LogP contribution in [0.25, 0.3) is 0 Å².